The Morgan fingerprint density at radius 1 is 1.13 bits per heavy atom. The third-order valence-corrected chi connectivity index (χ3v) is 11.1. The monoisotopic (exact) mass is 555 g/mol. The van der Waals surface area contributed by atoms with Crippen molar-refractivity contribution in [3.05, 3.63) is 34.0 Å². The van der Waals surface area contributed by atoms with Crippen LogP contribution in [0.1, 0.15) is 76.5 Å². The number of nitrogens with one attached hydrogen (secondary N) is 1. The van der Waals surface area contributed by atoms with Crippen molar-refractivity contribution in [3.8, 4) is 0 Å². The van der Waals surface area contributed by atoms with Gasteiger partial charge in [-0.2, -0.15) is 0 Å². The third kappa shape index (κ3) is 4.82. The van der Waals surface area contributed by atoms with Crippen molar-refractivity contribution in [2.75, 3.05) is 6.61 Å². The van der Waals surface area contributed by atoms with Gasteiger partial charge in [-0.25, -0.2) is 0 Å². The number of Topliss-reactive ketones (excluding diaryl/α,β-unsaturated/α-hetero) is 2. The summed E-state index contributed by atoms with van der Waals surface area (Å²) < 4.78 is 5.19. The number of carbonyl (C=O) groups is 5. The average Bonchev–Trinajstić information content (AvgIpc) is 3.51. The molecule has 4 aliphatic rings. The lowest BCUT2D eigenvalue weighted by Gasteiger charge is -2.57. The molecule has 1 heterocycles. The van der Waals surface area contributed by atoms with Gasteiger partial charge in [0.2, 0.25) is 11.7 Å². The fraction of sp³-hybridized carbons (Fsp3) is 0.633. The summed E-state index contributed by atoms with van der Waals surface area (Å²) in [5, 5.41) is 16.4. The second-order valence-corrected chi connectivity index (χ2v) is 13.3. The Morgan fingerprint density at radius 3 is 2.67 bits per heavy atom. The van der Waals surface area contributed by atoms with Gasteiger partial charge in [0, 0.05) is 35.5 Å². The van der Waals surface area contributed by atoms with Crippen LogP contribution in [0.4, 0.5) is 0 Å². The predicted molar refractivity (Wildman–Crippen MR) is 143 cm³/mol. The van der Waals surface area contributed by atoms with Crippen LogP contribution in [-0.2, 0) is 35.3 Å². The number of hydrogen-bond acceptors (Lipinski definition) is 8. The van der Waals surface area contributed by atoms with Gasteiger partial charge in [0.05, 0.1) is 13.0 Å². The van der Waals surface area contributed by atoms with Crippen molar-refractivity contribution >= 4 is 40.6 Å². The second kappa shape index (κ2) is 10.4. The fourth-order valence-electron chi connectivity index (χ4n) is 8.09. The van der Waals surface area contributed by atoms with Crippen LogP contribution in [-0.4, -0.2) is 46.5 Å². The number of hydrogen-bond donors (Lipinski definition) is 2. The SMILES string of the molecule is C[C@]12CCC(=O)C=C1CC[C@@H]1[C@H]2C(=O)C[C@@]2(C)[C@@H]1CC[C@]2(O)C(=O)COC(=O)CCC(=O)NCc1cccs1. The van der Waals surface area contributed by atoms with Gasteiger partial charge in [-0.1, -0.05) is 25.5 Å². The van der Waals surface area contributed by atoms with Crippen molar-refractivity contribution < 1.29 is 33.8 Å². The Balaban J connectivity index is 1.19. The molecule has 210 valence electrons. The minimum absolute atomic E-state index is 0.00658. The first-order chi connectivity index (χ1) is 18.5. The summed E-state index contributed by atoms with van der Waals surface area (Å²) in [5.41, 5.74) is -1.95. The molecule has 8 nitrogen and oxygen atoms in total. The smallest absolute Gasteiger partial charge is 0.306 e. The van der Waals surface area contributed by atoms with E-state index < -0.39 is 29.4 Å². The van der Waals surface area contributed by atoms with E-state index >= 15 is 0 Å². The zero-order valence-corrected chi connectivity index (χ0v) is 23.4. The Hall–Kier alpha value is -2.65. The molecule has 3 fully saturated rings. The minimum Gasteiger partial charge on any atom is -0.458 e. The normalized spacial score (nSPS) is 35.4. The van der Waals surface area contributed by atoms with Crippen LogP contribution in [0, 0.1) is 28.6 Å². The maximum absolute atomic E-state index is 13.7. The molecular formula is C30H37NO7S. The van der Waals surface area contributed by atoms with Gasteiger partial charge < -0.3 is 15.2 Å². The van der Waals surface area contributed by atoms with Gasteiger partial charge in [-0.15, -0.1) is 11.3 Å². The van der Waals surface area contributed by atoms with Gasteiger partial charge in [-0.05, 0) is 66.9 Å². The van der Waals surface area contributed by atoms with Gasteiger partial charge in [0.25, 0.3) is 0 Å². The molecule has 2 N–H and O–H groups in total. The first-order valence-electron chi connectivity index (χ1n) is 13.9. The molecule has 1 aromatic heterocycles. The first-order valence-corrected chi connectivity index (χ1v) is 14.8. The van der Waals surface area contributed by atoms with Crippen LogP contribution < -0.4 is 5.32 Å². The second-order valence-electron chi connectivity index (χ2n) is 12.2. The number of allylic oxidation sites excluding steroid dienone is 1. The summed E-state index contributed by atoms with van der Waals surface area (Å²) in [6.45, 7) is 3.76. The van der Waals surface area contributed by atoms with Gasteiger partial charge >= 0.3 is 5.97 Å². The van der Waals surface area contributed by atoms with Crippen LogP contribution >= 0.6 is 11.3 Å². The van der Waals surface area contributed by atoms with Gasteiger partial charge in [0.15, 0.2) is 12.4 Å². The zero-order valence-electron chi connectivity index (χ0n) is 22.6. The predicted octanol–water partition coefficient (Wildman–Crippen LogP) is 3.70. The highest BCUT2D eigenvalue weighted by Gasteiger charge is 2.68. The number of aliphatic hydroxyl groups is 1. The molecule has 1 amide bonds. The Bertz CT molecular complexity index is 1220. The molecule has 0 radical (unpaired) electrons. The number of fused-ring (bicyclic) bond motifs is 5. The molecule has 0 saturated heterocycles. The molecule has 3 saturated carbocycles. The van der Waals surface area contributed by atoms with E-state index in [-0.39, 0.29) is 66.3 Å². The molecule has 0 aliphatic heterocycles. The number of rotatable bonds is 8. The number of esters is 1. The summed E-state index contributed by atoms with van der Waals surface area (Å²) in [4.78, 5) is 64.4. The molecule has 0 bridgehead atoms. The van der Waals surface area contributed by atoms with Crippen molar-refractivity contribution in [2.24, 2.45) is 28.6 Å². The summed E-state index contributed by atoms with van der Waals surface area (Å²) in [6, 6.07) is 3.80. The largest absolute Gasteiger partial charge is 0.458 e. The van der Waals surface area contributed by atoms with Crippen molar-refractivity contribution in [3.63, 3.8) is 0 Å². The van der Waals surface area contributed by atoms with Crippen LogP contribution in [0.15, 0.2) is 29.2 Å². The summed E-state index contributed by atoms with van der Waals surface area (Å²) in [6.07, 6.45) is 5.11. The molecule has 4 aliphatic carbocycles. The Morgan fingerprint density at radius 2 is 1.92 bits per heavy atom. The van der Waals surface area contributed by atoms with E-state index in [4.69, 9.17) is 4.74 Å². The molecule has 5 rings (SSSR count). The van der Waals surface area contributed by atoms with Crippen molar-refractivity contribution in [1.29, 1.82) is 0 Å². The highest BCUT2D eigenvalue weighted by atomic mass is 32.1. The van der Waals surface area contributed by atoms with Gasteiger partial charge in [-0.3, -0.25) is 24.0 Å². The average molecular weight is 556 g/mol. The Labute approximate surface area is 232 Å². The van der Waals surface area contributed by atoms with Crippen LogP contribution in [0.5, 0.6) is 0 Å². The maximum Gasteiger partial charge on any atom is 0.306 e. The molecule has 0 spiro atoms. The number of thiophene rings is 1. The minimum atomic E-state index is -1.75. The van der Waals surface area contributed by atoms with Crippen LogP contribution in [0.25, 0.3) is 0 Å². The van der Waals surface area contributed by atoms with Crippen LogP contribution in [0.2, 0.25) is 0 Å². The maximum atomic E-state index is 13.7. The molecule has 1 aromatic rings. The van der Waals surface area contributed by atoms with E-state index in [1.54, 1.807) is 6.08 Å². The van der Waals surface area contributed by atoms with E-state index in [2.05, 4.69) is 12.2 Å². The lowest BCUT2D eigenvalue weighted by molar-refractivity contribution is -0.173. The van der Waals surface area contributed by atoms with Gasteiger partial charge in [0.1, 0.15) is 11.4 Å². The van der Waals surface area contributed by atoms with Crippen molar-refractivity contribution in [1.82, 2.24) is 5.32 Å². The van der Waals surface area contributed by atoms with E-state index in [0.717, 1.165) is 23.3 Å². The number of ether oxygens (including phenoxy) is 1. The molecule has 39 heavy (non-hydrogen) atoms. The number of ketones is 3. The molecule has 0 unspecified atom stereocenters. The highest BCUT2D eigenvalue weighted by molar-refractivity contribution is 7.09. The van der Waals surface area contributed by atoms with E-state index in [1.165, 1.54) is 11.3 Å². The summed E-state index contributed by atoms with van der Waals surface area (Å²) in [7, 11) is 0. The molecule has 6 atom stereocenters. The van der Waals surface area contributed by atoms with E-state index in [1.807, 2.05) is 24.4 Å². The number of carbonyl (C=O) groups excluding carboxylic acids is 5. The fourth-order valence-corrected chi connectivity index (χ4v) is 8.73. The van der Waals surface area contributed by atoms with E-state index in [0.29, 0.717) is 25.8 Å². The van der Waals surface area contributed by atoms with Crippen molar-refractivity contribution in [2.45, 2.75) is 83.8 Å². The third-order valence-electron chi connectivity index (χ3n) is 10.2. The van der Waals surface area contributed by atoms with Crippen LogP contribution in [0.3, 0.4) is 0 Å². The lowest BCUT2D eigenvalue weighted by atomic mass is 9.46. The summed E-state index contributed by atoms with van der Waals surface area (Å²) >= 11 is 1.53. The molecule has 9 heteroatoms. The number of amides is 1. The summed E-state index contributed by atoms with van der Waals surface area (Å²) in [5.74, 6) is -1.53. The topological polar surface area (TPSA) is 127 Å². The highest BCUT2D eigenvalue weighted by Crippen LogP contribution is 2.66. The molecule has 0 aromatic carbocycles. The molecular weight excluding hydrogens is 518 g/mol. The quantitative estimate of drug-likeness (QED) is 0.468. The first kappa shape index (κ1) is 27.9. The lowest BCUT2D eigenvalue weighted by Crippen LogP contribution is -2.61. The Kier molecular flexibility index (Phi) is 7.44. The standard InChI is InChI=1S/C30H37NO7S/c1-28-11-9-19(32)14-18(28)5-6-21-22-10-12-30(37,29(22,2)15-23(33)27(21)28)24(34)17-38-26(36)8-7-25(35)31-16-20-4-3-13-39-20/h3-4,13-14,21-22,27,37H,5-12,15-17H2,1-2H3,(H,31,35)/t21-,22+,27-,28-,29-,30-/m0/s1. The van der Waals surface area contributed by atoms with E-state index in [9.17, 15) is 29.1 Å². The zero-order chi connectivity index (χ0) is 28.0.